The molecule has 0 aliphatic carbocycles. The zero-order valence-corrected chi connectivity index (χ0v) is 7.36. The Morgan fingerprint density at radius 3 is 2.00 bits per heavy atom. The second-order valence-corrected chi connectivity index (χ2v) is 2.63. The Hall–Kier alpha value is -0.0400. The monoisotopic (exact) mass is 132 g/mol. The lowest BCUT2D eigenvalue weighted by Crippen LogP contribution is -2.31. The predicted molar refractivity (Wildman–Crippen MR) is 44.8 cm³/mol. The molecule has 0 heterocycles. The Balaban J connectivity index is 0. The van der Waals surface area contributed by atoms with Gasteiger partial charge in [-0.05, 0) is 13.3 Å². The van der Waals surface area contributed by atoms with Gasteiger partial charge >= 0.3 is 0 Å². The van der Waals surface area contributed by atoms with E-state index in [9.17, 15) is 0 Å². The summed E-state index contributed by atoms with van der Waals surface area (Å²) in [6.07, 6.45) is 1.22. The van der Waals surface area contributed by atoms with E-state index in [-0.39, 0.29) is 0 Å². The molecule has 58 valence electrons. The van der Waals surface area contributed by atoms with Crippen molar-refractivity contribution in [2.24, 2.45) is 0 Å². The minimum absolute atomic E-state index is 0.630. The van der Waals surface area contributed by atoms with Crippen molar-refractivity contribution in [1.82, 2.24) is 5.32 Å². The first-order chi connectivity index (χ1) is 4.66. The van der Waals surface area contributed by atoms with E-state index in [0.29, 0.717) is 12.1 Å². The number of hydrogen-bond acceptors (Lipinski definition) is 1. The van der Waals surface area contributed by atoms with Gasteiger partial charge in [-0.25, -0.2) is 0 Å². The minimum Gasteiger partial charge on any atom is -0.312 e. The smallest absolute Gasteiger partial charge is 0.0194 e. The maximum atomic E-state index is 5.75. The summed E-state index contributed by atoms with van der Waals surface area (Å²) in [5.74, 6) is 0. The van der Waals surface area contributed by atoms with Crippen LogP contribution in [-0.4, -0.2) is 12.1 Å². The van der Waals surface area contributed by atoms with Crippen molar-refractivity contribution in [3.8, 4) is 0 Å². The second-order valence-electron chi connectivity index (χ2n) is 2.63. The fraction of sp³-hybridized carbons (Fsp3) is 1.00. The van der Waals surface area contributed by atoms with E-state index in [4.69, 9.17) is 1.37 Å². The van der Waals surface area contributed by atoms with Gasteiger partial charge in [0.15, 0.2) is 0 Å². The standard InChI is InChI=1S/C7H17N.CH4/c1-5-7(4)8-6(2)3;/h6-8H,5H2,1-4H3;1H4/i;1D. The highest BCUT2D eigenvalue weighted by Crippen LogP contribution is 1.89. The molecule has 9 heavy (non-hydrogen) atoms. The van der Waals surface area contributed by atoms with Crippen LogP contribution >= 0.6 is 0 Å². The SMILES string of the molecule is CCC(C)NC(C)C.[2H]C. The van der Waals surface area contributed by atoms with Gasteiger partial charge in [-0.3, -0.25) is 0 Å². The first-order valence-electron chi connectivity index (χ1n) is 4.42. The third kappa shape index (κ3) is 7.96. The summed E-state index contributed by atoms with van der Waals surface area (Å²) >= 11 is 0. The molecular formula is C8H21N. The molecule has 0 radical (unpaired) electrons. The van der Waals surface area contributed by atoms with Gasteiger partial charge < -0.3 is 5.32 Å². The zero-order valence-electron chi connectivity index (χ0n) is 8.36. The summed E-state index contributed by atoms with van der Waals surface area (Å²) in [6, 6.07) is 1.31. The van der Waals surface area contributed by atoms with Gasteiger partial charge in [-0.1, -0.05) is 28.2 Å². The van der Waals surface area contributed by atoms with Crippen molar-refractivity contribution in [2.75, 3.05) is 0 Å². The molecule has 0 saturated carbocycles. The summed E-state index contributed by atoms with van der Waals surface area (Å²) in [5, 5.41) is 3.39. The molecule has 0 saturated heterocycles. The van der Waals surface area contributed by atoms with E-state index in [2.05, 4.69) is 33.0 Å². The minimum atomic E-state index is 0.630. The predicted octanol–water partition coefficient (Wildman–Crippen LogP) is 2.42. The quantitative estimate of drug-likeness (QED) is 0.622. The Morgan fingerprint density at radius 2 is 1.89 bits per heavy atom. The van der Waals surface area contributed by atoms with Crippen molar-refractivity contribution in [2.45, 2.75) is 53.6 Å². The lowest BCUT2D eigenvalue weighted by molar-refractivity contribution is 0.479. The summed E-state index contributed by atoms with van der Waals surface area (Å²) < 4.78 is 5.75. The van der Waals surface area contributed by atoms with Crippen LogP contribution in [0.2, 0.25) is 0 Å². The van der Waals surface area contributed by atoms with Gasteiger partial charge in [0.25, 0.3) is 0 Å². The van der Waals surface area contributed by atoms with Crippen molar-refractivity contribution < 1.29 is 1.37 Å². The van der Waals surface area contributed by atoms with Crippen LogP contribution in [0.25, 0.3) is 0 Å². The average molecular weight is 132 g/mol. The number of rotatable bonds is 3. The van der Waals surface area contributed by atoms with Gasteiger partial charge in [0.2, 0.25) is 0 Å². The van der Waals surface area contributed by atoms with Gasteiger partial charge in [-0.15, -0.1) is 0 Å². The lowest BCUT2D eigenvalue weighted by atomic mass is 10.2. The Labute approximate surface area is 61.3 Å². The molecule has 0 aromatic rings. The third-order valence-corrected chi connectivity index (χ3v) is 1.23. The zero-order chi connectivity index (χ0) is 8.57. The van der Waals surface area contributed by atoms with Gasteiger partial charge in [0.1, 0.15) is 0 Å². The molecule has 0 bridgehead atoms. The van der Waals surface area contributed by atoms with E-state index in [1.807, 2.05) is 0 Å². The van der Waals surface area contributed by atoms with Crippen LogP contribution in [0.4, 0.5) is 0 Å². The van der Waals surface area contributed by atoms with Crippen molar-refractivity contribution in [1.29, 1.82) is 0 Å². The Morgan fingerprint density at radius 1 is 1.44 bits per heavy atom. The van der Waals surface area contributed by atoms with Crippen LogP contribution in [-0.2, 0) is 0 Å². The van der Waals surface area contributed by atoms with E-state index < -0.39 is 0 Å². The molecule has 0 aliphatic heterocycles. The fourth-order valence-electron chi connectivity index (χ4n) is 0.687. The highest BCUT2D eigenvalue weighted by molar-refractivity contribution is 4.60. The second kappa shape index (κ2) is 6.09. The Bertz CT molecular complexity index is 55.2. The van der Waals surface area contributed by atoms with Crippen LogP contribution in [0.3, 0.4) is 0 Å². The normalized spacial score (nSPS) is 13.8. The fourth-order valence-corrected chi connectivity index (χ4v) is 0.687. The third-order valence-electron chi connectivity index (χ3n) is 1.23. The van der Waals surface area contributed by atoms with Gasteiger partial charge in [0, 0.05) is 13.5 Å². The number of hydrogen-bond donors (Lipinski definition) is 1. The molecule has 0 aliphatic rings. The lowest BCUT2D eigenvalue weighted by Gasteiger charge is -2.13. The first kappa shape index (κ1) is 8.96. The average Bonchev–Trinajstić information content (AvgIpc) is 1.91. The summed E-state index contributed by atoms with van der Waals surface area (Å²) in [5.41, 5.74) is 0. The molecule has 1 N–H and O–H groups in total. The molecule has 0 fully saturated rings. The Kier molecular flexibility index (Phi) is 6.06. The van der Waals surface area contributed by atoms with Gasteiger partial charge in [-0.2, -0.15) is 0 Å². The molecule has 1 nitrogen and oxygen atoms in total. The molecule has 0 amide bonds. The summed E-state index contributed by atoms with van der Waals surface area (Å²) in [4.78, 5) is 0. The van der Waals surface area contributed by atoms with Crippen LogP contribution in [0.5, 0.6) is 0 Å². The molecule has 1 unspecified atom stereocenters. The van der Waals surface area contributed by atoms with Crippen LogP contribution in [0, 0.1) is 0 Å². The number of nitrogens with one attached hydrogen (secondary N) is 1. The molecule has 1 heteroatoms. The van der Waals surface area contributed by atoms with Crippen molar-refractivity contribution >= 4 is 0 Å². The largest absolute Gasteiger partial charge is 0.312 e. The maximum absolute atomic E-state index is 5.75. The van der Waals surface area contributed by atoms with E-state index >= 15 is 0 Å². The van der Waals surface area contributed by atoms with E-state index in [1.54, 1.807) is 0 Å². The summed E-state index contributed by atoms with van der Waals surface area (Å²) in [7, 11) is 1.25. The van der Waals surface area contributed by atoms with E-state index in [0.717, 1.165) is 0 Å². The molecule has 1 atom stereocenters. The van der Waals surface area contributed by atoms with E-state index in [1.165, 1.54) is 13.8 Å². The molecule has 0 aromatic heterocycles. The molecule has 0 spiro atoms. The van der Waals surface area contributed by atoms with Crippen LogP contribution < -0.4 is 5.32 Å². The molecule has 0 aromatic carbocycles. The van der Waals surface area contributed by atoms with Crippen LogP contribution in [0.1, 0.15) is 42.9 Å². The highest BCUT2D eigenvalue weighted by atomic mass is 14.9. The molecule has 0 rings (SSSR count). The first-order valence-corrected chi connectivity index (χ1v) is 3.42. The van der Waals surface area contributed by atoms with Crippen LogP contribution in [0.15, 0.2) is 0 Å². The molecular weight excluding hydrogens is 110 g/mol. The topological polar surface area (TPSA) is 12.0 Å². The van der Waals surface area contributed by atoms with Gasteiger partial charge in [0.05, 0.1) is 0 Å². The maximum Gasteiger partial charge on any atom is 0.0194 e. The van der Waals surface area contributed by atoms with Crippen molar-refractivity contribution in [3.63, 3.8) is 0 Å². The van der Waals surface area contributed by atoms with Crippen molar-refractivity contribution in [3.05, 3.63) is 0 Å². The summed E-state index contributed by atoms with van der Waals surface area (Å²) in [6.45, 7) is 8.75. The highest BCUT2D eigenvalue weighted by Gasteiger charge is 1.97.